The topological polar surface area (TPSA) is 52.6 Å². The predicted octanol–water partition coefficient (Wildman–Crippen LogP) is 5.09. The zero-order valence-corrected chi connectivity index (χ0v) is 14.7. The molecule has 4 nitrogen and oxygen atoms in total. The van der Waals surface area contributed by atoms with E-state index in [1.807, 2.05) is 13.0 Å². The number of benzene rings is 3. The van der Waals surface area contributed by atoms with Crippen LogP contribution in [-0.2, 0) is 0 Å². The summed E-state index contributed by atoms with van der Waals surface area (Å²) in [5.41, 5.74) is 1.04. The van der Waals surface area contributed by atoms with Crippen molar-refractivity contribution in [2.75, 3.05) is 0 Å². The number of hydrogen-bond donors (Lipinski definition) is 0. The van der Waals surface area contributed by atoms with Crippen molar-refractivity contribution in [1.29, 1.82) is 0 Å². The summed E-state index contributed by atoms with van der Waals surface area (Å²) in [4.78, 5) is 25.0. The van der Waals surface area contributed by atoms with Gasteiger partial charge in [-0.1, -0.05) is 41.9 Å². The van der Waals surface area contributed by atoms with E-state index in [1.165, 1.54) is 12.1 Å². The highest BCUT2D eigenvalue weighted by Crippen LogP contribution is 2.23. The van der Waals surface area contributed by atoms with Gasteiger partial charge in [-0.15, -0.1) is 0 Å². The lowest BCUT2D eigenvalue weighted by Gasteiger charge is -2.10. The summed E-state index contributed by atoms with van der Waals surface area (Å²) in [6, 6.07) is 19.9. The van der Waals surface area contributed by atoms with Gasteiger partial charge < -0.3 is 9.47 Å². The highest BCUT2D eigenvalue weighted by atomic mass is 35.5. The van der Waals surface area contributed by atoms with Gasteiger partial charge in [0.15, 0.2) is 0 Å². The van der Waals surface area contributed by atoms with Crippen molar-refractivity contribution in [2.24, 2.45) is 0 Å². The molecule has 0 aliphatic heterocycles. The van der Waals surface area contributed by atoms with Crippen LogP contribution < -0.4 is 9.47 Å². The Morgan fingerprint density at radius 3 is 1.85 bits per heavy atom. The molecule has 0 radical (unpaired) electrons. The summed E-state index contributed by atoms with van der Waals surface area (Å²) >= 11 is 5.98. The van der Waals surface area contributed by atoms with Crippen LogP contribution in [0.3, 0.4) is 0 Å². The second-order valence-electron chi connectivity index (χ2n) is 5.55. The number of carbonyl (C=O) groups is 2. The molecule has 0 spiro atoms. The first-order valence-corrected chi connectivity index (χ1v) is 8.27. The van der Waals surface area contributed by atoms with Gasteiger partial charge in [0.2, 0.25) is 0 Å². The van der Waals surface area contributed by atoms with E-state index in [0.29, 0.717) is 16.5 Å². The van der Waals surface area contributed by atoms with Gasteiger partial charge >= 0.3 is 11.9 Å². The second-order valence-corrected chi connectivity index (χ2v) is 5.96. The number of ether oxygens (including phenoxy) is 2. The number of carbonyl (C=O) groups excluding carboxylic acids is 2. The van der Waals surface area contributed by atoms with Gasteiger partial charge in [0.1, 0.15) is 11.5 Å². The van der Waals surface area contributed by atoms with E-state index in [1.54, 1.807) is 54.6 Å². The third-order valence-corrected chi connectivity index (χ3v) is 4.08. The van der Waals surface area contributed by atoms with E-state index < -0.39 is 11.9 Å². The molecule has 0 saturated carbocycles. The smallest absolute Gasteiger partial charge is 0.344 e. The molecule has 0 amide bonds. The van der Waals surface area contributed by atoms with Gasteiger partial charge in [0.05, 0.1) is 11.1 Å². The Kier molecular flexibility index (Phi) is 5.34. The quantitative estimate of drug-likeness (QED) is 0.477. The predicted molar refractivity (Wildman–Crippen MR) is 99.0 cm³/mol. The molecule has 0 aliphatic rings. The van der Waals surface area contributed by atoms with E-state index in [9.17, 15) is 9.59 Å². The molecule has 0 bridgehead atoms. The van der Waals surface area contributed by atoms with Crippen molar-refractivity contribution in [3.8, 4) is 11.5 Å². The number of aryl methyl sites for hydroxylation is 1. The lowest BCUT2D eigenvalue weighted by Crippen LogP contribution is -2.17. The Morgan fingerprint density at radius 1 is 0.731 bits per heavy atom. The number of hydrogen-bond acceptors (Lipinski definition) is 4. The van der Waals surface area contributed by atoms with Gasteiger partial charge in [-0.05, 0) is 55.0 Å². The summed E-state index contributed by atoms with van der Waals surface area (Å²) < 4.78 is 10.7. The van der Waals surface area contributed by atoms with Crippen LogP contribution in [0.1, 0.15) is 26.3 Å². The first-order valence-electron chi connectivity index (χ1n) is 7.89. The fourth-order valence-electron chi connectivity index (χ4n) is 2.33. The average Bonchev–Trinajstić information content (AvgIpc) is 2.65. The monoisotopic (exact) mass is 366 g/mol. The molecule has 0 unspecified atom stereocenters. The Morgan fingerprint density at radius 2 is 1.27 bits per heavy atom. The van der Waals surface area contributed by atoms with Crippen molar-refractivity contribution in [1.82, 2.24) is 0 Å². The fourth-order valence-corrected chi connectivity index (χ4v) is 2.45. The third kappa shape index (κ3) is 4.10. The molecular formula is C21H15ClO4. The Bertz CT molecular complexity index is 951. The van der Waals surface area contributed by atoms with Gasteiger partial charge in [0.25, 0.3) is 0 Å². The van der Waals surface area contributed by atoms with Gasteiger partial charge in [-0.2, -0.15) is 0 Å². The number of halogens is 1. The molecule has 0 aliphatic carbocycles. The van der Waals surface area contributed by atoms with Crippen molar-refractivity contribution in [2.45, 2.75) is 6.92 Å². The minimum atomic E-state index is -0.646. The van der Waals surface area contributed by atoms with Gasteiger partial charge in [0, 0.05) is 5.02 Å². The summed E-state index contributed by atoms with van der Waals surface area (Å²) in [6.07, 6.45) is 0. The maximum absolute atomic E-state index is 12.5. The first kappa shape index (κ1) is 17.7. The molecule has 26 heavy (non-hydrogen) atoms. The molecule has 3 aromatic rings. The first-order chi connectivity index (χ1) is 12.5. The Hall–Kier alpha value is -3.11. The largest absolute Gasteiger partial charge is 0.423 e. The molecule has 130 valence electrons. The van der Waals surface area contributed by atoms with Gasteiger partial charge in [-0.3, -0.25) is 0 Å². The van der Waals surface area contributed by atoms with Crippen molar-refractivity contribution in [3.05, 3.63) is 94.5 Å². The van der Waals surface area contributed by atoms with E-state index in [4.69, 9.17) is 21.1 Å². The molecule has 0 N–H and O–H groups in total. The van der Waals surface area contributed by atoms with Crippen molar-refractivity contribution in [3.63, 3.8) is 0 Å². The van der Waals surface area contributed by atoms with Crippen LogP contribution in [0.4, 0.5) is 0 Å². The van der Waals surface area contributed by atoms with Crippen LogP contribution in [-0.4, -0.2) is 11.9 Å². The maximum atomic E-state index is 12.5. The molecular weight excluding hydrogens is 352 g/mol. The summed E-state index contributed by atoms with van der Waals surface area (Å²) in [5.74, 6) is -0.527. The summed E-state index contributed by atoms with van der Waals surface area (Å²) in [7, 11) is 0. The standard InChI is InChI=1S/C21H15ClO4/c1-14-13-16(11-12-19(14)22)26-21(24)18-10-6-5-9-17(18)20(23)25-15-7-3-2-4-8-15/h2-13H,1H3. The third-order valence-electron chi connectivity index (χ3n) is 3.66. The molecule has 0 heterocycles. The molecule has 5 heteroatoms. The molecule has 0 aromatic heterocycles. The average molecular weight is 367 g/mol. The van der Waals surface area contributed by atoms with Crippen LogP contribution in [0.5, 0.6) is 11.5 Å². The van der Waals surface area contributed by atoms with E-state index in [-0.39, 0.29) is 11.1 Å². The Labute approximate surface area is 155 Å². The maximum Gasteiger partial charge on any atom is 0.344 e. The zero-order valence-electron chi connectivity index (χ0n) is 13.9. The van der Waals surface area contributed by atoms with Crippen LogP contribution in [0.15, 0.2) is 72.8 Å². The second kappa shape index (κ2) is 7.85. The molecule has 0 saturated heterocycles. The molecule has 3 aromatic carbocycles. The van der Waals surface area contributed by atoms with Crippen molar-refractivity contribution < 1.29 is 19.1 Å². The minimum absolute atomic E-state index is 0.126. The summed E-state index contributed by atoms with van der Waals surface area (Å²) in [5, 5.41) is 0.580. The van der Waals surface area contributed by atoms with E-state index in [0.717, 1.165) is 5.56 Å². The van der Waals surface area contributed by atoms with Crippen LogP contribution >= 0.6 is 11.6 Å². The number of esters is 2. The molecule has 0 atom stereocenters. The lowest BCUT2D eigenvalue weighted by molar-refractivity contribution is 0.0692. The Balaban J connectivity index is 1.82. The molecule has 3 rings (SSSR count). The van der Waals surface area contributed by atoms with E-state index >= 15 is 0 Å². The number of para-hydroxylation sites is 1. The van der Waals surface area contributed by atoms with Crippen LogP contribution in [0.25, 0.3) is 0 Å². The minimum Gasteiger partial charge on any atom is -0.423 e. The van der Waals surface area contributed by atoms with Crippen molar-refractivity contribution >= 4 is 23.5 Å². The van der Waals surface area contributed by atoms with Crippen LogP contribution in [0, 0.1) is 6.92 Å². The lowest BCUT2D eigenvalue weighted by atomic mass is 10.1. The summed E-state index contributed by atoms with van der Waals surface area (Å²) in [6.45, 7) is 1.81. The van der Waals surface area contributed by atoms with Crippen LogP contribution in [0.2, 0.25) is 5.02 Å². The van der Waals surface area contributed by atoms with E-state index in [2.05, 4.69) is 0 Å². The zero-order chi connectivity index (χ0) is 18.5. The fraction of sp³-hybridized carbons (Fsp3) is 0.0476. The molecule has 0 fully saturated rings. The normalized spacial score (nSPS) is 10.2. The highest BCUT2D eigenvalue weighted by Gasteiger charge is 2.20. The number of rotatable bonds is 4. The SMILES string of the molecule is Cc1cc(OC(=O)c2ccccc2C(=O)Oc2ccccc2)ccc1Cl. The highest BCUT2D eigenvalue weighted by molar-refractivity contribution is 6.31. The van der Waals surface area contributed by atoms with Gasteiger partial charge in [-0.25, -0.2) is 9.59 Å².